The number of carbonyl (C=O) groups excluding carboxylic acids is 1. The molecule has 0 bridgehead atoms. The van der Waals surface area contributed by atoms with Crippen LogP contribution < -0.4 is 5.43 Å². The van der Waals surface area contributed by atoms with Crippen LogP contribution >= 0.6 is 0 Å². The smallest absolute Gasteiger partial charge is 0.314 e. The van der Waals surface area contributed by atoms with Gasteiger partial charge in [-0.1, -0.05) is 37.1 Å². The predicted molar refractivity (Wildman–Crippen MR) is 94.9 cm³/mol. The van der Waals surface area contributed by atoms with E-state index in [0.717, 1.165) is 18.4 Å². The van der Waals surface area contributed by atoms with Gasteiger partial charge in [-0.3, -0.25) is 14.4 Å². The number of pyridine rings is 1. The van der Waals surface area contributed by atoms with Gasteiger partial charge in [0.15, 0.2) is 11.2 Å². The van der Waals surface area contributed by atoms with Crippen LogP contribution in [0.15, 0.2) is 41.5 Å². The molecule has 1 saturated carbocycles. The highest BCUT2D eigenvalue weighted by Crippen LogP contribution is 2.41. The number of ketones is 1. The highest BCUT2D eigenvalue weighted by Gasteiger charge is 2.42. The van der Waals surface area contributed by atoms with E-state index in [1.54, 1.807) is 42.1 Å². The Labute approximate surface area is 145 Å². The van der Waals surface area contributed by atoms with E-state index in [1.165, 1.54) is 13.1 Å². The third-order valence-corrected chi connectivity index (χ3v) is 5.15. The Kier molecular flexibility index (Phi) is 4.33. The van der Waals surface area contributed by atoms with E-state index in [0.29, 0.717) is 24.0 Å². The summed E-state index contributed by atoms with van der Waals surface area (Å²) in [7, 11) is 1.77. The molecule has 0 amide bonds. The van der Waals surface area contributed by atoms with Crippen LogP contribution in [-0.4, -0.2) is 21.4 Å². The van der Waals surface area contributed by atoms with Gasteiger partial charge in [0.2, 0.25) is 0 Å². The van der Waals surface area contributed by atoms with Crippen molar-refractivity contribution in [2.45, 2.75) is 38.0 Å². The average Bonchev–Trinajstić information content (AvgIpc) is 3.08. The highest BCUT2D eigenvalue weighted by molar-refractivity contribution is 5.94. The fourth-order valence-corrected chi connectivity index (χ4v) is 3.74. The summed E-state index contributed by atoms with van der Waals surface area (Å²) < 4.78 is 1.69. The number of carboxylic acids is 1. The molecule has 0 spiro atoms. The quantitative estimate of drug-likeness (QED) is 0.868. The van der Waals surface area contributed by atoms with Crippen molar-refractivity contribution in [1.82, 2.24) is 4.57 Å². The summed E-state index contributed by atoms with van der Waals surface area (Å²) in [5.41, 5.74) is 0.948. The first-order valence-electron chi connectivity index (χ1n) is 8.41. The molecular formula is C20H21NO4. The molecule has 1 fully saturated rings. The van der Waals surface area contributed by atoms with Crippen molar-refractivity contribution in [3.63, 3.8) is 0 Å². The lowest BCUT2D eigenvalue weighted by atomic mass is 9.78. The molecule has 0 saturated heterocycles. The standard InChI is InChI=1S/C20H21NO4/c1-13(22)16-11-21(2)12-17(18(16)23)14-5-7-15(8-6-14)20(19(24)25)9-3-4-10-20/h5-8,11-12H,3-4,9-10H2,1-2H3,(H,24,25). The minimum Gasteiger partial charge on any atom is -0.481 e. The molecule has 5 nitrogen and oxygen atoms in total. The highest BCUT2D eigenvalue weighted by atomic mass is 16.4. The van der Waals surface area contributed by atoms with E-state index >= 15 is 0 Å². The third kappa shape index (κ3) is 2.90. The number of hydrogen-bond acceptors (Lipinski definition) is 3. The summed E-state index contributed by atoms with van der Waals surface area (Å²) in [5, 5.41) is 9.69. The Hall–Kier alpha value is -2.69. The molecule has 1 aliphatic carbocycles. The lowest BCUT2D eigenvalue weighted by molar-refractivity contribution is -0.143. The zero-order valence-electron chi connectivity index (χ0n) is 14.4. The van der Waals surface area contributed by atoms with Crippen molar-refractivity contribution < 1.29 is 14.7 Å². The molecule has 0 radical (unpaired) electrons. The van der Waals surface area contributed by atoms with Gasteiger partial charge in [-0.15, -0.1) is 0 Å². The van der Waals surface area contributed by atoms with Crippen LogP contribution in [0.1, 0.15) is 48.5 Å². The van der Waals surface area contributed by atoms with Crippen LogP contribution in [0.25, 0.3) is 11.1 Å². The van der Waals surface area contributed by atoms with E-state index < -0.39 is 11.4 Å². The number of nitrogens with zero attached hydrogens (tertiary/aromatic N) is 1. The molecule has 1 N–H and O–H groups in total. The second-order valence-electron chi connectivity index (χ2n) is 6.81. The second-order valence-corrected chi connectivity index (χ2v) is 6.81. The normalized spacial score (nSPS) is 15.9. The van der Waals surface area contributed by atoms with E-state index in [-0.39, 0.29) is 16.8 Å². The first kappa shape index (κ1) is 17.1. The fraction of sp³-hybridized carbons (Fsp3) is 0.350. The number of carbonyl (C=O) groups is 2. The van der Waals surface area contributed by atoms with E-state index in [4.69, 9.17) is 0 Å². The largest absolute Gasteiger partial charge is 0.481 e. The topological polar surface area (TPSA) is 76.4 Å². The third-order valence-electron chi connectivity index (χ3n) is 5.15. The minimum atomic E-state index is -0.815. The number of hydrogen-bond donors (Lipinski definition) is 1. The summed E-state index contributed by atoms with van der Waals surface area (Å²) in [4.78, 5) is 36.0. The maximum Gasteiger partial charge on any atom is 0.314 e. The molecule has 5 heteroatoms. The van der Waals surface area contributed by atoms with Gasteiger partial charge >= 0.3 is 5.97 Å². The van der Waals surface area contributed by atoms with Crippen molar-refractivity contribution in [1.29, 1.82) is 0 Å². The molecule has 3 rings (SSSR count). The molecule has 0 unspecified atom stereocenters. The number of aromatic nitrogens is 1. The molecule has 25 heavy (non-hydrogen) atoms. The molecule has 0 aliphatic heterocycles. The van der Waals surface area contributed by atoms with Crippen molar-refractivity contribution in [2.24, 2.45) is 7.05 Å². The Morgan fingerprint density at radius 2 is 1.68 bits per heavy atom. The van der Waals surface area contributed by atoms with Gasteiger partial charge in [-0.2, -0.15) is 0 Å². The van der Waals surface area contributed by atoms with E-state index in [9.17, 15) is 19.5 Å². The number of rotatable bonds is 4. The average molecular weight is 339 g/mol. The summed E-state index contributed by atoms with van der Waals surface area (Å²) in [6.07, 6.45) is 6.32. The van der Waals surface area contributed by atoms with Crippen molar-refractivity contribution in [3.05, 3.63) is 58.0 Å². The van der Waals surface area contributed by atoms with Crippen LogP contribution in [-0.2, 0) is 17.3 Å². The zero-order valence-corrected chi connectivity index (χ0v) is 14.4. The molecule has 1 heterocycles. The summed E-state index contributed by atoms with van der Waals surface area (Å²) in [6.45, 7) is 1.38. The Bertz CT molecular complexity index is 887. The first-order valence-corrected chi connectivity index (χ1v) is 8.41. The second kappa shape index (κ2) is 6.31. The van der Waals surface area contributed by atoms with E-state index in [2.05, 4.69) is 0 Å². The molecule has 1 aliphatic rings. The molecular weight excluding hydrogens is 318 g/mol. The van der Waals surface area contributed by atoms with Crippen LogP contribution in [0.4, 0.5) is 0 Å². The number of benzene rings is 1. The summed E-state index contributed by atoms with van der Waals surface area (Å²) >= 11 is 0. The monoisotopic (exact) mass is 339 g/mol. The van der Waals surface area contributed by atoms with Gasteiger partial charge in [0.1, 0.15) is 0 Å². The number of aliphatic carboxylic acids is 1. The lowest BCUT2D eigenvalue weighted by Crippen LogP contribution is -2.32. The minimum absolute atomic E-state index is 0.155. The lowest BCUT2D eigenvalue weighted by Gasteiger charge is -2.24. The molecule has 1 aromatic carbocycles. The SMILES string of the molecule is CC(=O)c1cn(C)cc(-c2ccc(C3(C(=O)O)CCCC3)cc2)c1=O. The zero-order chi connectivity index (χ0) is 18.2. The van der Waals surface area contributed by atoms with Crippen molar-refractivity contribution in [2.75, 3.05) is 0 Å². The Morgan fingerprint density at radius 1 is 1.08 bits per heavy atom. The summed E-state index contributed by atoms with van der Waals surface area (Å²) in [6, 6.07) is 7.15. The van der Waals surface area contributed by atoms with Crippen LogP contribution in [0, 0.1) is 0 Å². The number of Topliss-reactive ketones (excluding diaryl/α,β-unsaturated/α-hetero) is 1. The predicted octanol–water partition coefficient (Wildman–Crippen LogP) is 3.15. The van der Waals surface area contributed by atoms with Crippen LogP contribution in [0.5, 0.6) is 0 Å². The van der Waals surface area contributed by atoms with Gasteiger partial charge in [0, 0.05) is 25.0 Å². The van der Waals surface area contributed by atoms with Crippen LogP contribution in [0.3, 0.4) is 0 Å². The Morgan fingerprint density at radius 3 is 2.20 bits per heavy atom. The molecule has 130 valence electrons. The molecule has 0 atom stereocenters. The van der Waals surface area contributed by atoms with Gasteiger partial charge < -0.3 is 9.67 Å². The summed E-state index contributed by atoms with van der Waals surface area (Å²) in [5.74, 6) is -1.05. The van der Waals surface area contributed by atoms with Crippen LogP contribution in [0.2, 0.25) is 0 Å². The number of carboxylic acid groups (broad SMARTS) is 1. The van der Waals surface area contributed by atoms with Gasteiger partial charge in [0.25, 0.3) is 0 Å². The Balaban J connectivity index is 2.06. The van der Waals surface area contributed by atoms with Gasteiger partial charge in [-0.05, 0) is 30.9 Å². The van der Waals surface area contributed by atoms with E-state index in [1.807, 2.05) is 0 Å². The van der Waals surface area contributed by atoms with Gasteiger partial charge in [-0.25, -0.2) is 0 Å². The maximum atomic E-state index is 12.5. The maximum absolute atomic E-state index is 12.5. The first-order chi connectivity index (χ1) is 11.8. The molecule has 2 aromatic rings. The molecule has 1 aromatic heterocycles. The van der Waals surface area contributed by atoms with Crippen molar-refractivity contribution in [3.8, 4) is 11.1 Å². The fourth-order valence-electron chi connectivity index (χ4n) is 3.74. The van der Waals surface area contributed by atoms with Gasteiger partial charge in [0.05, 0.1) is 11.0 Å². The number of aryl methyl sites for hydroxylation is 1. The van der Waals surface area contributed by atoms with Crippen molar-refractivity contribution >= 4 is 11.8 Å².